The highest BCUT2D eigenvalue weighted by molar-refractivity contribution is 14.0. The molecule has 0 aliphatic heterocycles. The summed E-state index contributed by atoms with van der Waals surface area (Å²) in [7, 11) is 0. The Morgan fingerprint density at radius 3 is 2.64 bits per heavy atom. The lowest BCUT2D eigenvalue weighted by Crippen LogP contribution is -2.38. The number of halogens is 3. The van der Waals surface area contributed by atoms with E-state index >= 15 is 0 Å². The summed E-state index contributed by atoms with van der Waals surface area (Å²) in [6.45, 7) is 7.66. The number of nitrogens with zero attached hydrogens (tertiary/aromatic N) is 2. The number of aliphatic imine (C=N–C) groups is 1. The molecule has 2 aromatic rings. The fourth-order valence-electron chi connectivity index (χ4n) is 2.26. The first kappa shape index (κ1) is 21.8. The first-order chi connectivity index (χ1) is 11.5. The number of nitrogens with one attached hydrogen (secondary N) is 2. The Hall–Kier alpha value is -1.29. The lowest BCUT2D eigenvalue weighted by molar-refractivity contribution is 0.583. The summed E-state index contributed by atoms with van der Waals surface area (Å²) in [5.41, 5.74) is 1.35. The van der Waals surface area contributed by atoms with Crippen molar-refractivity contribution in [2.24, 2.45) is 4.99 Å². The fraction of sp³-hybridized carbons (Fsp3) is 0.412. The third-order valence-corrected chi connectivity index (χ3v) is 4.48. The van der Waals surface area contributed by atoms with Crippen molar-refractivity contribution in [2.75, 3.05) is 13.1 Å². The van der Waals surface area contributed by atoms with Crippen molar-refractivity contribution in [3.8, 4) is 0 Å². The van der Waals surface area contributed by atoms with Crippen molar-refractivity contribution in [1.29, 1.82) is 0 Å². The van der Waals surface area contributed by atoms with Crippen LogP contribution in [0.3, 0.4) is 0 Å². The van der Waals surface area contributed by atoms with Gasteiger partial charge in [0.05, 0.1) is 17.2 Å². The summed E-state index contributed by atoms with van der Waals surface area (Å²) in [5.74, 6) is -0.168. The molecule has 0 fully saturated rings. The van der Waals surface area contributed by atoms with Crippen LogP contribution in [0.1, 0.15) is 28.1 Å². The molecule has 0 amide bonds. The Balaban J connectivity index is 0.00000312. The van der Waals surface area contributed by atoms with Crippen LogP contribution in [0.5, 0.6) is 0 Å². The van der Waals surface area contributed by atoms with Gasteiger partial charge in [0.1, 0.15) is 11.6 Å². The normalized spacial score (nSPS) is 11.2. The topological polar surface area (TPSA) is 49.3 Å². The molecular formula is C17H23F2IN4S. The van der Waals surface area contributed by atoms with E-state index < -0.39 is 11.6 Å². The monoisotopic (exact) mass is 480 g/mol. The van der Waals surface area contributed by atoms with Gasteiger partial charge >= 0.3 is 0 Å². The summed E-state index contributed by atoms with van der Waals surface area (Å²) in [4.78, 5) is 10.0. The molecule has 1 aromatic carbocycles. The second-order valence-electron chi connectivity index (χ2n) is 5.35. The van der Waals surface area contributed by atoms with E-state index in [-0.39, 0.29) is 24.0 Å². The molecule has 0 radical (unpaired) electrons. The van der Waals surface area contributed by atoms with Gasteiger partial charge in [0.25, 0.3) is 0 Å². The molecule has 0 saturated heterocycles. The molecule has 0 bridgehead atoms. The van der Waals surface area contributed by atoms with E-state index in [2.05, 4.69) is 20.6 Å². The predicted octanol–water partition coefficient (Wildman–Crippen LogP) is 3.95. The molecule has 0 spiro atoms. The van der Waals surface area contributed by atoms with Crippen molar-refractivity contribution < 1.29 is 8.78 Å². The van der Waals surface area contributed by atoms with Crippen LogP contribution in [0.25, 0.3) is 0 Å². The lowest BCUT2D eigenvalue weighted by atomic mass is 10.1. The van der Waals surface area contributed by atoms with E-state index in [4.69, 9.17) is 0 Å². The molecule has 0 aliphatic carbocycles. The van der Waals surface area contributed by atoms with Crippen molar-refractivity contribution in [3.63, 3.8) is 0 Å². The molecule has 0 saturated carbocycles. The number of aryl methyl sites for hydroxylation is 2. The predicted molar refractivity (Wildman–Crippen MR) is 110 cm³/mol. The summed E-state index contributed by atoms with van der Waals surface area (Å²) in [6.07, 6.45) is 0.382. The molecule has 0 aliphatic rings. The molecule has 0 unspecified atom stereocenters. The van der Waals surface area contributed by atoms with Crippen molar-refractivity contribution in [2.45, 2.75) is 33.7 Å². The molecule has 1 heterocycles. The molecule has 138 valence electrons. The summed E-state index contributed by atoms with van der Waals surface area (Å²) in [6, 6.07) is 3.50. The van der Waals surface area contributed by atoms with Gasteiger partial charge in [0, 0.05) is 18.0 Å². The van der Waals surface area contributed by atoms with Crippen LogP contribution in [0.15, 0.2) is 23.2 Å². The second kappa shape index (κ2) is 10.6. The first-order valence-corrected chi connectivity index (χ1v) is 8.70. The number of guanidine groups is 1. The van der Waals surface area contributed by atoms with Crippen LogP contribution in [-0.4, -0.2) is 24.0 Å². The smallest absolute Gasteiger partial charge is 0.191 e. The molecule has 2 N–H and O–H groups in total. The standard InChI is InChI=1S/C17H22F2N4S.HI/c1-4-20-17(22-10-16-11(2)23-12(3)24-16)21-8-7-13-9-14(18)5-6-15(13)19;/h5-6,9H,4,7-8,10H2,1-3H3,(H2,20,21,22);1H. The summed E-state index contributed by atoms with van der Waals surface area (Å²) >= 11 is 1.63. The average Bonchev–Trinajstić information content (AvgIpc) is 2.86. The van der Waals surface area contributed by atoms with Gasteiger partial charge in [-0.05, 0) is 51.0 Å². The van der Waals surface area contributed by atoms with E-state index in [1.165, 1.54) is 6.07 Å². The highest BCUT2D eigenvalue weighted by Gasteiger charge is 2.06. The van der Waals surface area contributed by atoms with E-state index in [9.17, 15) is 8.78 Å². The van der Waals surface area contributed by atoms with Gasteiger partial charge in [-0.3, -0.25) is 0 Å². The zero-order valence-electron chi connectivity index (χ0n) is 14.5. The third kappa shape index (κ3) is 6.85. The zero-order chi connectivity index (χ0) is 17.5. The van der Waals surface area contributed by atoms with E-state index in [1.807, 2.05) is 20.8 Å². The highest BCUT2D eigenvalue weighted by Crippen LogP contribution is 2.17. The number of rotatable bonds is 6. The van der Waals surface area contributed by atoms with Gasteiger partial charge in [0.2, 0.25) is 0 Å². The number of thiazole rings is 1. The van der Waals surface area contributed by atoms with Crippen LogP contribution in [-0.2, 0) is 13.0 Å². The number of benzene rings is 1. The minimum atomic E-state index is -0.428. The fourth-order valence-corrected chi connectivity index (χ4v) is 3.12. The molecule has 4 nitrogen and oxygen atoms in total. The maximum Gasteiger partial charge on any atom is 0.191 e. The van der Waals surface area contributed by atoms with Gasteiger partial charge in [0.15, 0.2) is 5.96 Å². The van der Waals surface area contributed by atoms with E-state index in [0.717, 1.165) is 34.3 Å². The van der Waals surface area contributed by atoms with Gasteiger partial charge in [-0.1, -0.05) is 0 Å². The van der Waals surface area contributed by atoms with Gasteiger partial charge in [-0.2, -0.15) is 0 Å². The van der Waals surface area contributed by atoms with Gasteiger partial charge < -0.3 is 10.6 Å². The minimum Gasteiger partial charge on any atom is -0.357 e. The quantitative estimate of drug-likeness (QED) is 0.374. The molecule has 2 rings (SSSR count). The number of hydrogen-bond donors (Lipinski definition) is 2. The largest absolute Gasteiger partial charge is 0.357 e. The highest BCUT2D eigenvalue weighted by atomic mass is 127. The van der Waals surface area contributed by atoms with Crippen LogP contribution in [0.2, 0.25) is 0 Å². The van der Waals surface area contributed by atoms with Gasteiger partial charge in [-0.25, -0.2) is 18.8 Å². The third-order valence-electron chi connectivity index (χ3n) is 3.42. The second-order valence-corrected chi connectivity index (χ2v) is 6.64. The van der Waals surface area contributed by atoms with Crippen LogP contribution in [0.4, 0.5) is 8.78 Å². The first-order valence-electron chi connectivity index (χ1n) is 7.88. The molecule has 0 atom stereocenters. The van der Waals surface area contributed by atoms with Gasteiger partial charge in [-0.15, -0.1) is 35.3 Å². The van der Waals surface area contributed by atoms with Crippen LogP contribution in [0, 0.1) is 25.5 Å². The van der Waals surface area contributed by atoms with Crippen molar-refractivity contribution >= 4 is 41.3 Å². The van der Waals surface area contributed by atoms with Crippen molar-refractivity contribution in [1.82, 2.24) is 15.6 Å². The van der Waals surface area contributed by atoms with E-state index in [1.54, 1.807) is 11.3 Å². The molecule has 8 heteroatoms. The maximum atomic E-state index is 13.6. The Morgan fingerprint density at radius 2 is 2.00 bits per heavy atom. The Bertz CT molecular complexity index is 719. The summed E-state index contributed by atoms with van der Waals surface area (Å²) < 4.78 is 26.8. The maximum absolute atomic E-state index is 13.6. The minimum absolute atomic E-state index is 0. The molecule has 25 heavy (non-hydrogen) atoms. The molecular weight excluding hydrogens is 457 g/mol. The van der Waals surface area contributed by atoms with E-state index in [0.29, 0.717) is 31.0 Å². The number of aromatic nitrogens is 1. The van der Waals surface area contributed by atoms with Crippen LogP contribution < -0.4 is 10.6 Å². The number of hydrogen-bond acceptors (Lipinski definition) is 3. The summed E-state index contributed by atoms with van der Waals surface area (Å²) in [5, 5.41) is 7.32. The Morgan fingerprint density at radius 1 is 1.24 bits per heavy atom. The Labute approximate surface area is 168 Å². The Kier molecular flexibility index (Phi) is 9.26. The zero-order valence-corrected chi connectivity index (χ0v) is 17.7. The van der Waals surface area contributed by atoms with Crippen LogP contribution >= 0.6 is 35.3 Å². The molecule has 1 aromatic heterocycles. The van der Waals surface area contributed by atoms with Crippen molar-refractivity contribution in [3.05, 3.63) is 51.0 Å². The lowest BCUT2D eigenvalue weighted by Gasteiger charge is -2.11. The SMILES string of the molecule is CCNC(=NCc1sc(C)nc1C)NCCc1cc(F)ccc1F.I. The average molecular weight is 480 g/mol.